The molecule has 0 saturated heterocycles. The third kappa shape index (κ3) is 9.37. The second-order valence-corrected chi connectivity index (χ2v) is 6.82. The first kappa shape index (κ1) is 18.8. The quantitative estimate of drug-likeness (QED) is 0.377. The van der Waals surface area contributed by atoms with E-state index in [9.17, 15) is 4.79 Å². The molecule has 0 aliphatic carbocycles. The number of carbonyl (C=O) groups is 1. The number of thiol groups is 1. The van der Waals surface area contributed by atoms with Crippen molar-refractivity contribution in [3.8, 4) is 0 Å². The minimum Gasteiger partial charge on any atom is -0.480 e. The summed E-state index contributed by atoms with van der Waals surface area (Å²) in [7, 11) is 0. The van der Waals surface area contributed by atoms with Gasteiger partial charge in [0.25, 0.3) is 0 Å². The van der Waals surface area contributed by atoms with E-state index in [4.69, 9.17) is 5.11 Å². The van der Waals surface area contributed by atoms with Crippen molar-refractivity contribution in [3.63, 3.8) is 0 Å². The number of hydrogen-bond donors (Lipinski definition) is 2. The summed E-state index contributed by atoms with van der Waals surface area (Å²) in [6.45, 7) is 6.25. The first-order chi connectivity index (χ1) is 8.91. The Morgan fingerprint density at radius 2 is 1.42 bits per heavy atom. The van der Waals surface area contributed by atoms with Gasteiger partial charge in [0.2, 0.25) is 0 Å². The van der Waals surface area contributed by atoms with E-state index < -0.39 is 11.2 Å². The van der Waals surface area contributed by atoms with Gasteiger partial charge in [0, 0.05) is 0 Å². The molecule has 2 nitrogen and oxygen atoms in total. The first-order valence-electron chi connectivity index (χ1n) is 7.82. The zero-order valence-corrected chi connectivity index (χ0v) is 13.8. The van der Waals surface area contributed by atoms with Gasteiger partial charge in [0.05, 0.1) is 0 Å². The van der Waals surface area contributed by atoms with E-state index >= 15 is 0 Å². The SMILES string of the molecule is CCCCCCCCCCCC(C)(C)C(S)C(=O)O. The summed E-state index contributed by atoms with van der Waals surface area (Å²) < 4.78 is 0. The maximum atomic E-state index is 10.9. The Hall–Kier alpha value is -0.180. The van der Waals surface area contributed by atoms with E-state index in [1.54, 1.807) is 0 Å². The lowest BCUT2D eigenvalue weighted by Crippen LogP contribution is -2.31. The Bertz CT molecular complexity index is 239. The van der Waals surface area contributed by atoms with Crippen LogP contribution >= 0.6 is 12.6 Å². The molecule has 0 aliphatic heterocycles. The normalized spacial score (nSPS) is 13.5. The highest BCUT2D eigenvalue weighted by molar-refractivity contribution is 7.81. The molecule has 19 heavy (non-hydrogen) atoms. The third-order valence-corrected chi connectivity index (χ3v) is 4.82. The van der Waals surface area contributed by atoms with Crippen molar-refractivity contribution in [2.75, 3.05) is 0 Å². The van der Waals surface area contributed by atoms with Gasteiger partial charge >= 0.3 is 5.97 Å². The maximum absolute atomic E-state index is 10.9. The van der Waals surface area contributed by atoms with Gasteiger partial charge in [-0.1, -0.05) is 78.6 Å². The van der Waals surface area contributed by atoms with Crippen molar-refractivity contribution in [1.82, 2.24) is 0 Å². The molecule has 1 atom stereocenters. The van der Waals surface area contributed by atoms with Crippen LogP contribution in [0, 0.1) is 5.41 Å². The Morgan fingerprint density at radius 3 is 1.84 bits per heavy atom. The molecule has 0 amide bonds. The van der Waals surface area contributed by atoms with Crippen LogP contribution in [-0.4, -0.2) is 16.3 Å². The summed E-state index contributed by atoms with van der Waals surface area (Å²) in [5.41, 5.74) is -0.212. The Kier molecular flexibility index (Phi) is 10.5. The zero-order chi connectivity index (χ0) is 14.7. The van der Waals surface area contributed by atoms with E-state index in [1.807, 2.05) is 13.8 Å². The minimum absolute atomic E-state index is 0.212. The Balaban J connectivity index is 3.50. The predicted octanol–water partition coefficient (Wildman–Crippen LogP) is 5.32. The number of rotatable bonds is 12. The predicted molar refractivity (Wildman–Crippen MR) is 86.0 cm³/mol. The topological polar surface area (TPSA) is 37.3 Å². The standard InChI is InChI=1S/C16H32O2S/c1-4-5-6-7-8-9-10-11-12-13-16(2,3)14(19)15(17)18/h14,19H,4-13H2,1-3H3,(H,17,18). The monoisotopic (exact) mass is 288 g/mol. The van der Waals surface area contributed by atoms with Crippen LogP contribution < -0.4 is 0 Å². The van der Waals surface area contributed by atoms with Crippen LogP contribution in [0.1, 0.15) is 85.0 Å². The van der Waals surface area contributed by atoms with Crippen LogP contribution in [0.3, 0.4) is 0 Å². The second kappa shape index (κ2) is 10.6. The van der Waals surface area contributed by atoms with Crippen LogP contribution in [-0.2, 0) is 4.79 Å². The van der Waals surface area contributed by atoms with E-state index in [1.165, 1.54) is 51.4 Å². The molecule has 0 spiro atoms. The third-order valence-electron chi connectivity index (χ3n) is 3.90. The van der Waals surface area contributed by atoms with Gasteiger partial charge in [-0.3, -0.25) is 4.79 Å². The van der Waals surface area contributed by atoms with Crippen LogP contribution in [0.15, 0.2) is 0 Å². The minimum atomic E-state index is -0.802. The van der Waals surface area contributed by atoms with Gasteiger partial charge in [-0.05, 0) is 11.8 Å². The van der Waals surface area contributed by atoms with E-state index in [2.05, 4.69) is 19.6 Å². The van der Waals surface area contributed by atoms with Crippen molar-refractivity contribution in [1.29, 1.82) is 0 Å². The molecule has 0 saturated carbocycles. The Morgan fingerprint density at radius 1 is 1.00 bits per heavy atom. The first-order valence-corrected chi connectivity index (χ1v) is 8.34. The molecule has 3 heteroatoms. The van der Waals surface area contributed by atoms with Gasteiger partial charge in [0.15, 0.2) is 0 Å². The fourth-order valence-electron chi connectivity index (χ4n) is 2.36. The average Bonchev–Trinajstić information content (AvgIpc) is 2.35. The maximum Gasteiger partial charge on any atom is 0.316 e. The molecule has 0 heterocycles. The fraction of sp³-hybridized carbons (Fsp3) is 0.938. The Labute approximate surface area is 124 Å². The molecule has 0 aromatic heterocycles. The fourth-order valence-corrected chi connectivity index (χ4v) is 2.49. The smallest absolute Gasteiger partial charge is 0.316 e. The molecule has 0 radical (unpaired) electrons. The summed E-state index contributed by atoms with van der Waals surface area (Å²) >= 11 is 4.20. The number of hydrogen-bond acceptors (Lipinski definition) is 2. The molecule has 1 unspecified atom stereocenters. The van der Waals surface area contributed by atoms with Crippen molar-refractivity contribution in [3.05, 3.63) is 0 Å². The zero-order valence-electron chi connectivity index (χ0n) is 13.0. The molecule has 0 fully saturated rings. The largest absolute Gasteiger partial charge is 0.480 e. The number of carboxylic acid groups (broad SMARTS) is 1. The highest BCUT2D eigenvalue weighted by atomic mass is 32.1. The van der Waals surface area contributed by atoms with Crippen molar-refractivity contribution in [2.45, 2.75) is 90.2 Å². The van der Waals surface area contributed by atoms with E-state index in [0.717, 1.165) is 12.8 Å². The molecular weight excluding hydrogens is 256 g/mol. The molecule has 0 bridgehead atoms. The number of unbranched alkanes of at least 4 members (excludes halogenated alkanes) is 8. The second-order valence-electron chi connectivity index (χ2n) is 6.31. The van der Waals surface area contributed by atoms with Crippen molar-refractivity contribution < 1.29 is 9.90 Å². The summed E-state index contributed by atoms with van der Waals surface area (Å²) in [5, 5.41) is 8.43. The molecular formula is C16H32O2S. The average molecular weight is 288 g/mol. The molecule has 0 rings (SSSR count). The summed E-state index contributed by atoms with van der Waals surface area (Å²) in [5.74, 6) is -0.802. The van der Waals surface area contributed by atoms with E-state index in [-0.39, 0.29) is 5.41 Å². The van der Waals surface area contributed by atoms with Gasteiger partial charge in [-0.15, -0.1) is 0 Å². The van der Waals surface area contributed by atoms with E-state index in [0.29, 0.717) is 0 Å². The lowest BCUT2D eigenvalue weighted by atomic mass is 9.83. The van der Waals surface area contributed by atoms with Gasteiger partial charge < -0.3 is 5.11 Å². The van der Waals surface area contributed by atoms with Crippen LogP contribution in [0.2, 0.25) is 0 Å². The van der Waals surface area contributed by atoms with Gasteiger partial charge in [-0.2, -0.15) is 12.6 Å². The number of aliphatic carboxylic acids is 1. The van der Waals surface area contributed by atoms with Crippen LogP contribution in [0.4, 0.5) is 0 Å². The van der Waals surface area contributed by atoms with Crippen molar-refractivity contribution >= 4 is 18.6 Å². The highest BCUT2D eigenvalue weighted by Gasteiger charge is 2.31. The lowest BCUT2D eigenvalue weighted by molar-refractivity contribution is -0.138. The lowest BCUT2D eigenvalue weighted by Gasteiger charge is -2.28. The van der Waals surface area contributed by atoms with Crippen molar-refractivity contribution in [2.24, 2.45) is 5.41 Å². The molecule has 0 aliphatic rings. The molecule has 0 aromatic rings. The van der Waals surface area contributed by atoms with Crippen LogP contribution in [0.25, 0.3) is 0 Å². The van der Waals surface area contributed by atoms with Crippen LogP contribution in [0.5, 0.6) is 0 Å². The van der Waals surface area contributed by atoms with Gasteiger partial charge in [0.1, 0.15) is 5.25 Å². The summed E-state index contributed by atoms with van der Waals surface area (Å²) in [6.07, 6.45) is 12.7. The van der Waals surface area contributed by atoms with Gasteiger partial charge in [-0.25, -0.2) is 0 Å². The summed E-state index contributed by atoms with van der Waals surface area (Å²) in [4.78, 5) is 10.9. The highest BCUT2D eigenvalue weighted by Crippen LogP contribution is 2.31. The number of carboxylic acids is 1. The summed E-state index contributed by atoms with van der Waals surface area (Å²) in [6, 6.07) is 0. The molecule has 0 aromatic carbocycles. The molecule has 1 N–H and O–H groups in total. The molecule has 114 valence electrons.